The Morgan fingerprint density at radius 2 is 1.76 bits per heavy atom. The Kier molecular flexibility index (Phi) is 4.70. The minimum Gasteiger partial charge on any atom is -0.493 e. The van der Waals surface area contributed by atoms with Crippen molar-refractivity contribution in [3.63, 3.8) is 0 Å². The molecule has 0 N–H and O–H groups in total. The highest BCUT2D eigenvalue weighted by Crippen LogP contribution is 2.37. The first-order valence-corrected chi connectivity index (χ1v) is 6.27. The van der Waals surface area contributed by atoms with Gasteiger partial charge in [-0.1, -0.05) is 26.8 Å². The summed E-state index contributed by atoms with van der Waals surface area (Å²) in [4.78, 5) is 0. The van der Waals surface area contributed by atoms with Gasteiger partial charge >= 0.3 is 0 Å². The summed E-state index contributed by atoms with van der Waals surface area (Å²) >= 11 is 6.39. The van der Waals surface area contributed by atoms with Gasteiger partial charge < -0.3 is 9.47 Å². The Hall–Kier alpha value is -0.890. The molecule has 0 saturated heterocycles. The normalized spacial score (nSPS) is 13.3. The molecule has 0 aliphatic carbocycles. The maximum absolute atomic E-state index is 6.39. The lowest BCUT2D eigenvalue weighted by Gasteiger charge is -2.30. The fourth-order valence-corrected chi connectivity index (χ4v) is 2.05. The predicted octanol–water partition coefficient (Wildman–Crippen LogP) is 4.00. The van der Waals surface area contributed by atoms with Crippen molar-refractivity contribution < 1.29 is 9.47 Å². The van der Waals surface area contributed by atoms with Gasteiger partial charge in [0.05, 0.1) is 14.2 Å². The van der Waals surface area contributed by atoms with Gasteiger partial charge in [-0.3, -0.25) is 0 Å². The van der Waals surface area contributed by atoms with Gasteiger partial charge in [0, 0.05) is 10.8 Å². The first-order valence-electron chi connectivity index (χ1n) is 5.84. The first kappa shape index (κ1) is 14.2. The van der Waals surface area contributed by atoms with Crippen LogP contribution in [0.1, 0.15) is 32.8 Å². The molecule has 1 aromatic rings. The van der Waals surface area contributed by atoms with Crippen LogP contribution in [-0.2, 0) is 5.41 Å². The van der Waals surface area contributed by atoms with E-state index < -0.39 is 0 Å². The van der Waals surface area contributed by atoms with Crippen molar-refractivity contribution in [1.82, 2.24) is 0 Å². The highest BCUT2D eigenvalue weighted by Gasteiger charge is 2.29. The Bertz CT molecular complexity index is 374. The Balaban J connectivity index is 3.15. The Morgan fingerprint density at radius 3 is 2.24 bits per heavy atom. The Labute approximate surface area is 109 Å². The molecule has 1 atom stereocenters. The van der Waals surface area contributed by atoms with Gasteiger partial charge in [-0.05, 0) is 24.1 Å². The summed E-state index contributed by atoms with van der Waals surface area (Å²) in [5.41, 5.74) is 1.08. The second-order valence-corrected chi connectivity index (χ2v) is 5.19. The van der Waals surface area contributed by atoms with E-state index in [0.29, 0.717) is 0 Å². The second-order valence-electron chi connectivity index (χ2n) is 4.67. The molecule has 0 aromatic heterocycles. The third-order valence-electron chi connectivity index (χ3n) is 3.27. The van der Waals surface area contributed by atoms with Crippen LogP contribution in [0, 0.1) is 0 Å². The fourth-order valence-electron chi connectivity index (χ4n) is 1.93. The fraction of sp³-hybridized carbons (Fsp3) is 0.571. The molecule has 1 unspecified atom stereocenters. The van der Waals surface area contributed by atoms with E-state index in [2.05, 4.69) is 20.8 Å². The van der Waals surface area contributed by atoms with Crippen LogP contribution in [0.2, 0.25) is 0 Å². The molecule has 0 fully saturated rings. The van der Waals surface area contributed by atoms with Gasteiger partial charge in [-0.25, -0.2) is 0 Å². The van der Waals surface area contributed by atoms with Crippen molar-refractivity contribution in [1.29, 1.82) is 0 Å². The van der Waals surface area contributed by atoms with Crippen LogP contribution in [-0.4, -0.2) is 19.6 Å². The van der Waals surface area contributed by atoms with Crippen LogP contribution in [0.4, 0.5) is 0 Å². The van der Waals surface area contributed by atoms with E-state index in [1.165, 1.54) is 0 Å². The number of hydrogen-bond acceptors (Lipinski definition) is 2. The van der Waals surface area contributed by atoms with Crippen LogP contribution in [0.3, 0.4) is 0 Å². The van der Waals surface area contributed by atoms with Gasteiger partial charge in [0.25, 0.3) is 0 Å². The molecule has 1 aromatic carbocycles. The van der Waals surface area contributed by atoms with Gasteiger partial charge in [-0.2, -0.15) is 0 Å². The molecule has 17 heavy (non-hydrogen) atoms. The summed E-state index contributed by atoms with van der Waals surface area (Å²) in [5.74, 6) is 1.49. The van der Waals surface area contributed by atoms with E-state index in [0.717, 1.165) is 23.5 Å². The lowest BCUT2D eigenvalue weighted by molar-refractivity contribution is 0.353. The van der Waals surface area contributed by atoms with E-state index in [1.807, 2.05) is 18.2 Å². The maximum atomic E-state index is 6.39. The number of halogens is 1. The predicted molar refractivity (Wildman–Crippen MR) is 72.5 cm³/mol. The molecule has 0 aliphatic rings. The SMILES string of the molecule is CCC(Cl)C(C)(C)c1ccc(OC)c(OC)c1. The van der Waals surface area contributed by atoms with E-state index in [-0.39, 0.29) is 10.8 Å². The van der Waals surface area contributed by atoms with Crippen LogP contribution >= 0.6 is 11.6 Å². The lowest BCUT2D eigenvalue weighted by atomic mass is 9.80. The third kappa shape index (κ3) is 2.86. The number of methoxy groups -OCH3 is 2. The molecule has 0 aliphatic heterocycles. The molecule has 0 saturated carbocycles. The largest absolute Gasteiger partial charge is 0.493 e. The first-order chi connectivity index (χ1) is 7.97. The molecular formula is C14H21ClO2. The van der Waals surface area contributed by atoms with E-state index in [4.69, 9.17) is 21.1 Å². The molecule has 0 bridgehead atoms. The van der Waals surface area contributed by atoms with Gasteiger partial charge in [0.2, 0.25) is 0 Å². The highest BCUT2D eigenvalue weighted by atomic mass is 35.5. The molecule has 0 spiro atoms. The monoisotopic (exact) mass is 256 g/mol. The van der Waals surface area contributed by atoms with E-state index in [1.54, 1.807) is 14.2 Å². The summed E-state index contributed by atoms with van der Waals surface area (Å²) < 4.78 is 10.6. The van der Waals surface area contributed by atoms with Crippen molar-refractivity contribution in [3.8, 4) is 11.5 Å². The summed E-state index contributed by atoms with van der Waals surface area (Å²) in [6.07, 6.45) is 0.933. The average Bonchev–Trinajstić information content (AvgIpc) is 2.36. The zero-order valence-electron chi connectivity index (χ0n) is 11.2. The number of hydrogen-bond donors (Lipinski definition) is 0. The van der Waals surface area contributed by atoms with Crippen LogP contribution in [0.5, 0.6) is 11.5 Å². The molecule has 96 valence electrons. The number of benzene rings is 1. The third-order valence-corrected chi connectivity index (χ3v) is 4.12. The van der Waals surface area contributed by atoms with Crippen molar-refractivity contribution in [3.05, 3.63) is 23.8 Å². The molecular weight excluding hydrogens is 236 g/mol. The van der Waals surface area contributed by atoms with Gasteiger partial charge in [0.15, 0.2) is 11.5 Å². The molecule has 1 rings (SSSR count). The van der Waals surface area contributed by atoms with Crippen molar-refractivity contribution in [2.75, 3.05) is 14.2 Å². The Morgan fingerprint density at radius 1 is 1.18 bits per heavy atom. The van der Waals surface area contributed by atoms with Gasteiger partial charge in [-0.15, -0.1) is 11.6 Å². The summed E-state index contributed by atoms with van der Waals surface area (Å²) in [6, 6.07) is 5.98. The summed E-state index contributed by atoms with van der Waals surface area (Å²) in [5, 5.41) is 0.0978. The van der Waals surface area contributed by atoms with Crippen molar-refractivity contribution >= 4 is 11.6 Å². The zero-order chi connectivity index (χ0) is 13.1. The number of alkyl halides is 1. The van der Waals surface area contributed by atoms with Crippen LogP contribution < -0.4 is 9.47 Å². The topological polar surface area (TPSA) is 18.5 Å². The smallest absolute Gasteiger partial charge is 0.161 e. The molecule has 3 heteroatoms. The van der Waals surface area contributed by atoms with Crippen molar-refractivity contribution in [2.45, 2.75) is 38.0 Å². The van der Waals surface area contributed by atoms with Crippen LogP contribution in [0.25, 0.3) is 0 Å². The average molecular weight is 257 g/mol. The lowest BCUT2D eigenvalue weighted by Crippen LogP contribution is -2.28. The summed E-state index contributed by atoms with van der Waals surface area (Å²) in [6.45, 7) is 6.39. The zero-order valence-corrected chi connectivity index (χ0v) is 12.0. The van der Waals surface area contributed by atoms with Gasteiger partial charge in [0.1, 0.15) is 0 Å². The second kappa shape index (κ2) is 5.63. The molecule has 0 heterocycles. The van der Waals surface area contributed by atoms with Crippen LogP contribution in [0.15, 0.2) is 18.2 Å². The minimum absolute atomic E-state index is 0.0874. The standard InChI is InChI=1S/C14H21ClO2/c1-6-13(15)14(2,3)10-7-8-11(16-4)12(9-10)17-5/h7-9,13H,6H2,1-5H3. The summed E-state index contributed by atoms with van der Waals surface area (Å²) in [7, 11) is 3.28. The quantitative estimate of drug-likeness (QED) is 0.742. The molecule has 2 nitrogen and oxygen atoms in total. The van der Waals surface area contributed by atoms with E-state index in [9.17, 15) is 0 Å². The van der Waals surface area contributed by atoms with Crippen molar-refractivity contribution in [2.24, 2.45) is 0 Å². The minimum atomic E-state index is -0.0874. The molecule has 0 radical (unpaired) electrons. The molecule has 0 amide bonds. The number of rotatable bonds is 5. The maximum Gasteiger partial charge on any atom is 0.161 e. The highest BCUT2D eigenvalue weighted by molar-refractivity contribution is 6.21. The van der Waals surface area contributed by atoms with E-state index >= 15 is 0 Å². The number of ether oxygens (including phenoxy) is 2.